The minimum Gasteiger partial charge on any atom is -0.419 e. The number of rotatable bonds is 5. The maximum atomic E-state index is 12.3. The van der Waals surface area contributed by atoms with Gasteiger partial charge < -0.3 is 19.7 Å². The molecule has 1 saturated heterocycles. The summed E-state index contributed by atoms with van der Waals surface area (Å²) in [5.41, 5.74) is -0.0620. The lowest BCUT2D eigenvalue weighted by atomic mass is 9.97. The van der Waals surface area contributed by atoms with Crippen LogP contribution in [0.1, 0.15) is 48.5 Å². The van der Waals surface area contributed by atoms with Crippen LogP contribution in [0.5, 0.6) is 0 Å². The second-order valence-electron chi connectivity index (χ2n) is 6.99. The summed E-state index contributed by atoms with van der Waals surface area (Å²) in [5.74, 6) is -2.05. The van der Waals surface area contributed by atoms with Gasteiger partial charge in [0.05, 0.1) is 0 Å². The molecule has 1 rings (SSSR count). The fraction of sp³-hybridized carbons (Fsp3) is 0.750. The van der Waals surface area contributed by atoms with E-state index in [1.807, 2.05) is 18.7 Å². The molecule has 1 aliphatic heterocycles. The van der Waals surface area contributed by atoms with Crippen molar-refractivity contribution in [2.75, 3.05) is 19.6 Å². The van der Waals surface area contributed by atoms with E-state index >= 15 is 0 Å². The van der Waals surface area contributed by atoms with E-state index in [2.05, 4.69) is 26.1 Å². The summed E-state index contributed by atoms with van der Waals surface area (Å²) < 4.78 is 10.4. The highest BCUT2D eigenvalue weighted by molar-refractivity contribution is 6.15. The Morgan fingerprint density at radius 1 is 1.09 bits per heavy atom. The van der Waals surface area contributed by atoms with Crippen LogP contribution in [0.3, 0.4) is 0 Å². The number of cyclic esters (lactones) is 2. The van der Waals surface area contributed by atoms with Gasteiger partial charge in [0.2, 0.25) is 0 Å². The zero-order chi connectivity index (χ0) is 17.1. The van der Waals surface area contributed by atoms with Crippen molar-refractivity contribution in [1.29, 1.82) is 0 Å². The van der Waals surface area contributed by atoms with Crippen molar-refractivity contribution >= 4 is 11.9 Å². The molecular weight excluding hydrogens is 284 g/mol. The first kappa shape index (κ1) is 18.3. The molecule has 0 spiro atoms. The Balaban J connectivity index is 3.22. The van der Waals surface area contributed by atoms with Crippen LogP contribution in [0, 0.1) is 5.41 Å². The number of ether oxygens (including phenoxy) is 2. The lowest BCUT2D eigenvalue weighted by molar-refractivity contribution is -0.222. The van der Waals surface area contributed by atoms with E-state index in [0.29, 0.717) is 25.5 Å². The van der Waals surface area contributed by atoms with Gasteiger partial charge in [-0.15, -0.1) is 0 Å². The Morgan fingerprint density at radius 3 is 1.91 bits per heavy atom. The van der Waals surface area contributed by atoms with Crippen LogP contribution < -0.4 is 5.32 Å². The fourth-order valence-electron chi connectivity index (χ4n) is 2.09. The summed E-state index contributed by atoms with van der Waals surface area (Å²) in [6.07, 6.45) is 0. The molecule has 0 aromatic heterocycles. The first-order valence-electron chi connectivity index (χ1n) is 7.70. The number of carbonyl (C=O) groups is 2. The van der Waals surface area contributed by atoms with Crippen LogP contribution in [0.4, 0.5) is 0 Å². The Kier molecular flexibility index (Phi) is 5.49. The molecule has 126 valence electrons. The number of nitrogens with zero attached hydrogens (tertiary/aromatic N) is 1. The van der Waals surface area contributed by atoms with Gasteiger partial charge in [-0.1, -0.05) is 20.8 Å². The minimum absolute atomic E-state index is 0.000704. The third-order valence-corrected chi connectivity index (χ3v) is 3.19. The summed E-state index contributed by atoms with van der Waals surface area (Å²) in [6, 6.07) is 0. The SMILES string of the molecule is CCN(CC)C(NCC(C)(C)C)=C1C(=O)OC(C)(C)OC1=O. The first-order chi connectivity index (χ1) is 10.0. The van der Waals surface area contributed by atoms with Crippen LogP contribution in [0.2, 0.25) is 0 Å². The molecule has 6 nitrogen and oxygen atoms in total. The molecule has 0 aliphatic carbocycles. The molecule has 0 atom stereocenters. The van der Waals surface area contributed by atoms with Gasteiger partial charge in [-0.2, -0.15) is 0 Å². The number of hydrogen-bond donors (Lipinski definition) is 1. The molecule has 0 amide bonds. The van der Waals surface area contributed by atoms with Crippen LogP contribution in [0.15, 0.2) is 11.4 Å². The van der Waals surface area contributed by atoms with Gasteiger partial charge in [0, 0.05) is 33.5 Å². The number of esters is 2. The van der Waals surface area contributed by atoms with E-state index in [1.165, 1.54) is 0 Å². The Morgan fingerprint density at radius 2 is 1.55 bits per heavy atom. The Hall–Kier alpha value is -1.72. The van der Waals surface area contributed by atoms with E-state index in [0.717, 1.165) is 0 Å². The van der Waals surface area contributed by atoms with Crippen molar-refractivity contribution < 1.29 is 19.1 Å². The maximum absolute atomic E-state index is 12.3. The standard InChI is InChI=1S/C16H28N2O4/c1-8-18(9-2)12(17-10-15(3,4)5)11-13(19)21-16(6,7)22-14(11)20/h17H,8-10H2,1-7H3. The summed E-state index contributed by atoms with van der Waals surface area (Å²) in [5, 5.41) is 3.22. The third-order valence-electron chi connectivity index (χ3n) is 3.19. The highest BCUT2D eigenvalue weighted by atomic mass is 16.7. The molecule has 1 N–H and O–H groups in total. The topological polar surface area (TPSA) is 67.9 Å². The van der Waals surface area contributed by atoms with Crippen LogP contribution >= 0.6 is 0 Å². The van der Waals surface area contributed by atoms with Crippen LogP contribution in [0.25, 0.3) is 0 Å². The summed E-state index contributed by atoms with van der Waals surface area (Å²) >= 11 is 0. The molecule has 6 heteroatoms. The molecule has 0 unspecified atom stereocenters. The quantitative estimate of drug-likeness (QED) is 0.476. The van der Waals surface area contributed by atoms with Crippen LogP contribution in [-0.4, -0.2) is 42.3 Å². The van der Waals surface area contributed by atoms with Crippen molar-refractivity contribution in [1.82, 2.24) is 10.2 Å². The van der Waals surface area contributed by atoms with E-state index in [-0.39, 0.29) is 11.0 Å². The van der Waals surface area contributed by atoms with Crippen molar-refractivity contribution in [3.63, 3.8) is 0 Å². The molecule has 0 radical (unpaired) electrons. The smallest absolute Gasteiger partial charge is 0.352 e. The van der Waals surface area contributed by atoms with Crippen LogP contribution in [-0.2, 0) is 19.1 Å². The van der Waals surface area contributed by atoms with Crippen molar-refractivity contribution in [2.24, 2.45) is 5.41 Å². The normalized spacial score (nSPS) is 17.7. The maximum Gasteiger partial charge on any atom is 0.352 e. The average molecular weight is 312 g/mol. The molecule has 22 heavy (non-hydrogen) atoms. The van der Waals surface area contributed by atoms with E-state index < -0.39 is 17.7 Å². The minimum atomic E-state index is -1.23. The Labute approximate surface area is 132 Å². The monoisotopic (exact) mass is 312 g/mol. The van der Waals surface area contributed by atoms with Gasteiger partial charge in [0.25, 0.3) is 5.79 Å². The summed E-state index contributed by atoms with van der Waals surface area (Å²) in [7, 11) is 0. The second kappa shape index (κ2) is 6.58. The molecule has 1 fully saturated rings. The number of nitrogens with one attached hydrogen (secondary N) is 1. The first-order valence-corrected chi connectivity index (χ1v) is 7.70. The van der Waals surface area contributed by atoms with Gasteiger partial charge in [0.1, 0.15) is 5.82 Å². The largest absolute Gasteiger partial charge is 0.419 e. The lowest BCUT2D eigenvalue weighted by Crippen LogP contribution is -2.46. The molecule has 0 aromatic carbocycles. The van der Waals surface area contributed by atoms with E-state index in [1.54, 1.807) is 13.8 Å². The van der Waals surface area contributed by atoms with Crippen molar-refractivity contribution in [3.05, 3.63) is 11.4 Å². The lowest BCUT2D eigenvalue weighted by Gasteiger charge is -2.34. The molecule has 0 bridgehead atoms. The summed E-state index contributed by atoms with van der Waals surface area (Å²) in [6.45, 7) is 15.2. The molecule has 1 aliphatic rings. The van der Waals surface area contributed by atoms with Crippen molar-refractivity contribution in [2.45, 2.75) is 54.3 Å². The Bertz CT molecular complexity index is 449. The summed E-state index contributed by atoms with van der Waals surface area (Å²) in [4.78, 5) is 26.5. The van der Waals surface area contributed by atoms with Gasteiger partial charge in [-0.3, -0.25) is 0 Å². The van der Waals surface area contributed by atoms with Gasteiger partial charge in [0.15, 0.2) is 5.57 Å². The van der Waals surface area contributed by atoms with Gasteiger partial charge in [-0.05, 0) is 19.3 Å². The fourth-order valence-corrected chi connectivity index (χ4v) is 2.09. The van der Waals surface area contributed by atoms with Crippen molar-refractivity contribution in [3.8, 4) is 0 Å². The molecule has 1 heterocycles. The van der Waals surface area contributed by atoms with E-state index in [4.69, 9.17) is 9.47 Å². The van der Waals surface area contributed by atoms with Gasteiger partial charge in [-0.25, -0.2) is 9.59 Å². The highest BCUT2D eigenvalue weighted by Gasteiger charge is 2.42. The molecule has 0 saturated carbocycles. The third kappa shape index (κ3) is 4.64. The highest BCUT2D eigenvalue weighted by Crippen LogP contribution is 2.25. The number of hydrogen-bond acceptors (Lipinski definition) is 6. The zero-order valence-electron chi connectivity index (χ0n) is 14.7. The molecule has 0 aromatic rings. The second-order valence-corrected chi connectivity index (χ2v) is 6.99. The predicted octanol–water partition coefficient (Wildman–Crippen LogP) is 2.01. The average Bonchev–Trinajstić information content (AvgIpc) is 2.33. The number of carbonyl (C=O) groups excluding carboxylic acids is 2. The molecular formula is C16H28N2O4. The predicted molar refractivity (Wildman–Crippen MR) is 83.7 cm³/mol. The zero-order valence-corrected chi connectivity index (χ0v) is 14.7. The van der Waals surface area contributed by atoms with Gasteiger partial charge >= 0.3 is 11.9 Å². The van der Waals surface area contributed by atoms with E-state index in [9.17, 15) is 9.59 Å².